The summed E-state index contributed by atoms with van der Waals surface area (Å²) in [4.78, 5) is 40.7. The van der Waals surface area contributed by atoms with Crippen LogP contribution in [0.1, 0.15) is 62.4 Å². The molecule has 3 amide bonds. The Kier molecular flexibility index (Phi) is 4.68. The van der Waals surface area contributed by atoms with Gasteiger partial charge in [-0.3, -0.25) is 19.7 Å². The highest BCUT2D eigenvalue weighted by atomic mass is 16.2. The van der Waals surface area contributed by atoms with E-state index in [1.165, 1.54) is 0 Å². The lowest BCUT2D eigenvalue weighted by Crippen LogP contribution is -2.52. The number of amides is 3. The fourth-order valence-electron chi connectivity index (χ4n) is 4.85. The Morgan fingerprint density at radius 1 is 1.04 bits per heavy atom. The van der Waals surface area contributed by atoms with Crippen LogP contribution in [0.4, 0.5) is 5.69 Å². The average molecular weight is 383 g/mol. The molecule has 0 aromatic heterocycles. The van der Waals surface area contributed by atoms with Crippen LogP contribution in [0.3, 0.4) is 0 Å². The van der Waals surface area contributed by atoms with Gasteiger partial charge in [-0.15, -0.1) is 0 Å². The van der Waals surface area contributed by atoms with Crippen molar-refractivity contribution in [2.24, 2.45) is 11.3 Å². The van der Waals surface area contributed by atoms with Crippen molar-refractivity contribution in [3.8, 4) is 0 Å². The second kappa shape index (κ2) is 6.90. The average Bonchev–Trinajstić information content (AvgIpc) is 2.98. The normalized spacial score (nSPS) is 23.8. The van der Waals surface area contributed by atoms with Crippen LogP contribution < -0.4 is 10.2 Å². The third-order valence-electron chi connectivity index (χ3n) is 6.62. The highest BCUT2D eigenvalue weighted by Gasteiger charge is 2.40. The number of benzene rings is 1. The van der Waals surface area contributed by atoms with Crippen LogP contribution in [0.5, 0.6) is 0 Å². The molecule has 1 unspecified atom stereocenters. The van der Waals surface area contributed by atoms with Crippen molar-refractivity contribution < 1.29 is 14.4 Å². The van der Waals surface area contributed by atoms with Gasteiger partial charge in [0.2, 0.25) is 11.8 Å². The number of anilines is 1. The first-order valence-corrected chi connectivity index (χ1v) is 10.3. The number of hydrogen-bond donors (Lipinski definition) is 1. The highest BCUT2D eigenvalue weighted by molar-refractivity contribution is 6.06. The number of piperidine rings is 2. The Morgan fingerprint density at radius 2 is 1.75 bits per heavy atom. The highest BCUT2D eigenvalue weighted by Crippen LogP contribution is 2.39. The summed E-state index contributed by atoms with van der Waals surface area (Å²) in [7, 11) is 0. The maximum Gasteiger partial charge on any atom is 0.255 e. The van der Waals surface area contributed by atoms with Crippen LogP contribution in [0.25, 0.3) is 0 Å². The number of rotatable bonds is 2. The summed E-state index contributed by atoms with van der Waals surface area (Å²) < 4.78 is 0. The molecule has 2 saturated heterocycles. The largest absolute Gasteiger partial charge is 0.371 e. The molecule has 4 rings (SSSR count). The molecule has 3 aliphatic heterocycles. The van der Waals surface area contributed by atoms with E-state index in [9.17, 15) is 14.4 Å². The molecule has 3 aliphatic rings. The van der Waals surface area contributed by atoms with Gasteiger partial charge in [-0.2, -0.15) is 0 Å². The van der Waals surface area contributed by atoms with Crippen molar-refractivity contribution in [1.29, 1.82) is 0 Å². The molecule has 0 radical (unpaired) electrons. The predicted molar refractivity (Wildman–Crippen MR) is 107 cm³/mol. The van der Waals surface area contributed by atoms with Crippen LogP contribution in [-0.4, -0.2) is 41.8 Å². The molecule has 2 fully saturated rings. The van der Waals surface area contributed by atoms with Crippen molar-refractivity contribution in [2.45, 2.75) is 59.0 Å². The second-order valence-corrected chi connectivity index (χ2v) is 9.33. The zero-order valence-corrected chi connectivity index (χ0v) is 17.0. The molecular weight excluding hydrogens is 354 g/mol. The molecule has 150 valence electrons. The first-order valence-electron chi connectivity index (χ1n) is 10.3. The minimum Gasteiger partial charge on any atom is -0.371 e. The van der Waals surface area contributed by atoms with E-state index >= 15 is 0 Å². The summed E-state index contributed by atoms with van der Waals surface area (Å²) in [6.07, 6.45) is 2.98. The lowest BCUT2D eigenvalue weighted by molar-refractivity contribution is -0.136. The van der Waals surface area contributed by atoms with Crippen LogP contribution in [0.2, 0.25) is 0 Å². The maximum atomic E-state index is 13.0. The SMILES string of the molecule is CC(C)(C)C1CCN(c2cccc3c2CN(C2CCC(=O)NC2=O)C3=O)CC1. The summed E-state index contributed by atoms with van der Waals surface area (Å²) in [5, 5.41) is 2.37. The van der Waals surface area contributed by atoms with Crippen molar-refractivity contribution in [2.75, 3.05) is 18.0 Å². The van der Waals surface area contributed by atoms with Gasteiger partial charge in [0.15, 0.2) is 0 Å². The van der Waals surface area contributed by atoms with Gasteiger partial charge in [0, 0.05) is 42.9 Å². The molecule has 1 aromatic rings. The third kappa shape index (κ3) is 3.29. The second-order valence-electron chi connectivity index (χ2n) is 9.33. The molecule has 6 nitrogen and oxygen atoms in total. The summed E-state index contributed by atoms with van der Waals surface area (Å²) in [6.45, 7) is 9.35. The molecular formula is C22H29N3O3. The summed E-state index contributed by atoms with van der Waals surface area (Å²) in [6, 6.07) is 5.33. The van der Waals surface area contributed by atoms with E-state index in [0.29, 0.717) is 29.9 Å². The minimum atomic E-state index is -0.558. The van der Waals surface area contributed by atoms with E-state index in [2.05, 4.69) is 37.1 Å². The predicted octanol–water partition coefficient (Wildman–Crippen LogP) is 2.71. The standard InChI is InChI=1S/C22H29N3O3/c1-22(2,3)14-9-11-24(12-10-14)17-6-4-5-15-16(17)13-25(21(15)28)18-7-8-19(26)23-20(18)27/h4-6,14,18H,7-13H2,1-3H3,(H,23,26,27). The molecule has 28 heavy (non-hydrogen) atoms. The summed E-state index contributed by atoms with van der Waals surface area (Å²) >= 11 is 0. The number of fused-ring (bicyclic) bond motifs is 1. The molecule has 0 bridgehead atoms. The Balaban J connectivity index is 1.54. The number of carbonyl (C=O) groups excluding carboxylic acids is 3. The number of hydrogen-bond acceptors (Lipinski definition) is 4. The topological polar surface area (TPSA) is 69.7 Å². The smallest absolute Gasteiger partial charge is 0.255 e. The van der Waals surface area contributed by atoms with Gasteiger partial charge < -0.3 is 9.80 Å². The van der Waals surface area contributed by atoms with Crippen molar-refractivity contribution >= 4 is 23.4 Å². The lowest BCUT2D eigenvalue weighted by Gasteiger charge is -2.40. The van der Waals surface area contributed by atoms with Gasteiger partial charge in [-0.25, -0.2) is 0 Å². The van der Waals surface area contributed by atoms with E-state index in [1.807, 2.05) is 12.1 Å². The third-order valence-corrected chi connectivity index (χ3v) is 6.62. The molecule has 1 aromatic carbocycles. The molecule has 0 saturated carbocycles. The van der Waals surface area contributed by atoms with Crippen LogP contribution >= 0.6 is 0 Å². The van der Waals surface area contributed by atoms with Crippen molar-refractivity contribution in [3.63, 3.8) is 0 Å². The van der Waals surface area contributed by atoms with Crippen LogP contribution in [0, 0.1) is 11.3 Å². The van der Waals surface area contributed by atoms with E-state index in [4.69, 9.17) is 0 Å². The Morgan fingerprint density at radius 3 is 2.39 bits per heavy atom. The number of nitrogens with one attached hydrogen (secondary N) is 1. The van der Waals surface area contributed by atoms with Gasteiger partial charge >= 0.3 is 0 Å². The number of nitrogens with zero attached hydrogens (tertiary/aromatic N) is 2. The van der Waals surface area contributed by atoms with Gasteiger partial charge in [0.25, 0.3) is 5.91 Å². The maximum absolute atomic E-state index is 13.0. The quantitative estimate of drug-likeness (QED) is 0.798. The first-order chi connectivity index (χ1) is 13.3. The van der Waals surface area contributed by atoms with E-state index in [0.717, 1.165) is 37.2 Å². The van der Waals surface area contributed by atoms with Gasteiger partial charge in [0.1, 0.15) is 6.04 Å². The Bertz CT molecular complexity index is 819. The Labute approximate surface area is 166 Å². The minimum absolute atomic E-state index is 0.101. The fraction of sp³-hybridized carbons (Fsp3) is 0.591. The van der Waals surface area contributed by atoms with Crippen molar-refractivity contribution in [1.82, 2.24) is 10.2 Å². The monoisotopic (exact) mass is 383 g/mol. The number of carbonyl (C=O) groups is 3. The van der Waals surface area contributed by atoms with E-state index in [-0.39, 0.29) is 24.1 Å². The van der Waals surface area contributed by atoms with Crippen LogP contribution in [0.15, 0.2) is 18.2 Å². The molecule has 0 spiro atoms. The zero-order valence-electron chi connectivity index (χ0n) is 17.0. The van der Waals surface area contributed by atoms with Crippen molar-refractivity contribution in [3.05, 3.63) is 29.3 Å². The molecule has 0 aliphatic carbocycles. The summed E-state index contributed by atoms with van der Waals surface area (Å²) in [5.74, 6) is -0.00388. The zero-order chi connectivity index (χ0) is 20.1. The Hall–Kier alpha value is -2.37. The van der Waals surface area contributed by atoms with Gasteiger partial charge in [-0.1, -0.05) is 26.8 Å². The van der Waals surface area contributed by atoms with Gasteiger partial charge in [-0.05, 0) is 42.7 Å². The molecule has 6 heteroatoms. The molecule has 1 N–H and O–H groups in total. The lowest BCUT2D eigenvalue weighted by atomic mass is 9.75. The first kappa shape index (κ1) is 19.0. The molecule has 3 heterocycles. The number of imide groups is 1. The summed E-state index contributed by atoms with van der Waals surface area (Å²) in [5.41, 5.74) is 3.16. The van der Waals surface area contributed by atoms with Gasteiger partial charge in [0.05, 0.1) is 0 Å². The van der Waals surface area contributed by atoms with E-state index < -0.39 is 6.04 Å². The van der Waals surface area contributed by atoms with E-state index in [1.54, 1.807) is 4.90 Å². The molecule has 1 atom stereocenters. The fourth-order valence-corrected chi connectivity index (χ4v) is 4.85. The van der Waals surface area contributed by atoms with Crippen LogP contribution in [-0.2, 0) is 16.1 Å².